The van der Waals surface area contributed by atoms with Crippen molar-refractivity contribution in [2.45, 2.75) is 20.0 Å². The van der Waals surface area contributed by atoms with Crippen molar-refractivity contribution >= 4 is 47.2 Å². The number of nitrogen functional groups attached to an aromatic ring is 1. The fraction of sp³-hybridized carbons (Fsp3) is 0.278. The Morgan fingerprint density at radius 3 is 2.35 bits per heavy atom. The molecule has 0 saturated carbocycles. The highest BCUT2D eigenvalue weighted by molar-refractivity contribution is 7.53. The van der Waals surface area contributed by atoms with Crippen molar-refractivity contribution < 1.29 is 13.6 Å². The highest BCUT2D eigenvalue weighted by Gasteiger charge is 2.24. The molecule has 0 spiro atoms. The van der Waals surface area contributed by atoms with Crippen LogP contribution in [0, 0.1) is 0 Å². The van der Waals surface area contributed by atoms with Crippen molar-refractivity contribution in [1.82, 2.24) is 4.98 Å². The van der Waals surface area contributed by atoms with Gasteiger partial charge in [0.1, 0.15) is 5.01 Å². The Hall–Kier alpha value is -1.43. The van der Waals surface area contributed by atoms with E-state index in [0.29, 0.717) is 13.2 Å². The number of rotatable bonds is 7. The van der Waals surface area contributed by atoms with E-state index >= 15 is 0 Å². The van der Waals surface area contributed by atoms with Gasteiger partial charge in [0.15, 0.2) is 0 Å². The monoisotopic (exact) mass is 412 g/mol. The number of fused-ring (bicyclic) bond motifs is 1. The largest absolute Gasteiger partial charge is 0.399 e. The van der Waals surface area contributed by atoms with Gasteiger partial charge in [-0.1, -0.05) is 24.3 Å². The van der Waals surface area contributed by atoms with Gasteiger partial charge in [-0.05, 0) is 37.6 Å². The molecule has 3 aromatic rings. The molecule has 0 aliphatic carbocycles. The normalized spacial score (nSPS) is 11.5. The standard InChI is InChI=1S/C18H21N2O3PS.ClH/c1-3-22-24(21,23-4-2)12-13-5-7-14(8-6-13)18-20-16-10-9-15(19)11-17(16)25-18;/h5-11H,3-4,12,19H2,1-2H3;1H. The molecule has 26 heavy (non-hydrogen) atoms. The number of benzene rings is 2. The second-order valence-corrected chi connectivity index (χ2v) is 8.63. The third-order valence-electron chi connectivity index (χ3n) is 3.64. The zero-order valence-corrected chi connectivity index (χ0v) is 17.2. The average molecular weight is 413 g/mol. The smallest absolute Gasteiger partial charge is 0.335 e. The Labute approximate surface area is 163 Å². The molecule has 0 aliphatic heterocycles. The molecular formula is C18H22ClN2O3PS. The molecule has 8 heteroatoms. The van der Waals surface area contributed by atoms with Crippen LogP contribution in [0.5, 0.6) is 0 Å². The number of halogens is 1. The molecule has 2 aromatic carbocycles. The van der Waals surface area contributed by atoms with Crippen molar-refractivity contribution in [1.29, 1.82) is 0 Å². The van der Waals surface area contributed by atoms with Crippen LogP contribution < -0.4 is 5.73 Å². The van der Waals surface area contributed by atoms with Crippen molar-refractivity contribution in [2.24, 2.45) is 0 Å². The summed E-state index contributed by atoms with van der Waals surface area (Å²) in [6.45, 7) is 4.36. The first-order valence-electron chi connectivity index (χ1n) is 8.16. The molecule has 2 N–H and O–H groups in total. The van der Waals surface area contributed by atoms with Gasteiger partial charge in [0.2, 0.25) is 0 Å². The molecule has 0 unspecified atom stereocenters. The maximum atomic E-state index is 12.6. The minimum absolute atomic E-state index is 0. The quantitative estimate of drug-likeness (QED) is 0.396. The summed E-state index contributed by atoms with van der Waals surface area (Å²) in [6, 6.07) is 13.6. The first kappa shape index (κ1) is 20.9. The third-order valence-corrected chi connectivity index (χ3v) is 6.76. The van der Waals surface area contributed by atoms with E-state index in [1.54, 1.807) is 11.3 Å². The number of aromatic nitrogens is 1. The van der Waals surface area contributed by atoms with Gasteiger partial charge in [0.25, 0.3) is 0 Å². The second kappa shape index (κ2) is 8.98. The average Bonchev–Trinajstić information content (AvgIpc) is 2.99. The summed E-state index contributed by atoms with van der Waals surface area (Å²) in [5.74, 6) is 0. The van der Waals surface area contributed by atoms with Gasteiger partial charge >= 0.3 is 7.60 Å². The minimum atomic E-state index is -3.08. The number of nitrogens with two attached hydrogens (primary N) is 1. The van der Waals surface area contributed by atoms with E-state index in [9.17, 15) is 4.57 Å². The number of thiazole rings is 1. The lowest BCUT2D eigenvalue weighted by Gasteiger charge is -2.17. The molecule has 0 aliphatic rings. The Bertz CT molecular complexity index is 904. The molecule has 0 radical (unpaired) electrons. The van der Waals surface area contributed by atoms with E-state index in [2.05, 4.69) is 4.98 Å². The van der Waals surface area contributed by atoms with Crippen LogP contribution in [0.15, 0.2) is 42.5 Å². The topological polar surface area (TPSA) is 74.4 Å². The van der Waals surface area contributed by atoms with Crippen molar-refractivity contribution in [3.05, 3.63) is 48.0 Å². The molecule has 140 valence electrons. The van der Waals surface area contributed by atoms with Crippen LogP contribution in [0.4, 0.5) is 5.69 Å². The zero-order valence-electron chi connectivity index (χ0n) is 14.7. The summed E-state index contributed by atoms with van der Waals surface area (Å²) in [7, 11) is -3.08. The number of hydrogen-bond donors (Lipinski definition) is 1. The maximum Gasteiger partial charge on any atom is 0.335 e. The molecule has 0 atom stereocenters. The van der Waals surface area contributed by atoms with Crippen molar-refractivity contribution in [3.8, 4) is 10.6 Å². The summed E-state index contributed by atoms with van der Waals surface area (Å²) < 4.78 is 24.4. The second-order valence-electron chi connectivity index (χ2n) is 5.55. The van der Waals surface area contributed by atoms with Crippen LogP contribution in [0.3, 0.4) is 0 Å². The van der Waals surface area contributed by atoms with Crippen LogP contribution in [-0.4, -0.2) is 18.2 Å². The lowest BCUT2D eigenvalue weighted by atomic mass is 10.2. The number of nitrogens with zero attached hydrogens (tertiary/aromatic N) is 1. The van der Waals surface area contributed by atoms with E-state index in [1.807, 2.05) is 56.3 Å². The predicted octanol–water partition coefficient (Wildman–Crippen LogP) is 5.73. The van der Waals surface area contributed by atoms with Crippen LogP contribution in [-0.2, 0) is 19.8 Å². The van der Waals surface area contributed by atoms with Gasteiger partial charge < -0.3 is 14.8 Å². The van der Waals surface area contributed by atoms with E-state index in [0.717, 1.165) is 32.0 Å². The molecule has 1 aromatic heterocycles. The highest BCUT2D eigenvalue weighted by atomic mass is 35.5. The van der Waals surface area contributed by atoms with Gasteiger partial charge in [-0.25, -0.2) is 4.98 Å². The highest BCUT2D eigenvalue weighted by Crippen LogP contribution is 2.51. The summed E-state index contributed by atoms with van der Waals surface area (Å²) in [4.78, 5) is 4.65. The molecule has 0 bridgehead atoms. The van der Waals surface area contributed by atoms with Crippen molar-refractivity contribution in [3.63, 3.8) is 0 Å². The van der Waals surface area contributed by atoms with Crippen LogP contribution in [0.25, 0.3) is 20.8 Å². The maximum absolute atomic E-state index is 12.6. The lowest BCUT2D eigenvalue weighted by Crippen LogP contribution is -1.99. The summed E-state index contributed by atoms with van der Waals surface area (Å²) in [5, 5.41) is 0.935. The Morgan fingerprint density at radius 2 is 1.73 bits per heavy atom. The Morgan fingerprint density at radius 1 is 1.08 bits per heavy atom. The van der Waals surface area contributed by atoms with Crippen molar-refractivity contribution in [2.75, 3.05) is 18.9 Å². The summed E-state index contributed by atoms with van der Waals surface area (Å²) >= 11 is 1.60. The van der Waals surface area contributed by atoms with Crippen LogP contribution >= 0.6 is 31.3 Å². The molecule has 0 fully saturated rings. The fourth-order valence-corrected chi connectivity index (χ4v) is 5.28. The fourth-order valence-electron chi connectivity index (χ4n) is 2.56. The first-order chi connectivity index (χ1) is 12.0. The molecule has 5 nitrogen and oxygen atoms in total. The van der Waals surface area contributed by atoms with Gasteiger partial charge in [-0.2, -0.15) is 0 Å². The molecule has 3 rings (SSSR count). The zero-order chi connectivity index (χ0) is 17.9. The molecule has 0 saturated heterocycles. The van der Waals surface area contributed by atoms with Gasteiger partial charge in [0, 0.05) is 11.3 Å². The van der Waals surface area contributed by atoms with Gasteiger partial charge in [0.05, 0.1) is 29.6 Å². The van der Waals surface area contributed by atoms with E-state index in [1.165, 1.54) is 0 Å². The SMILES string of the molecule is CCOP(=O)(Cc1ccc(-c2nc3ccc(N)cc3s2)cc1)OCC.Cl. The Balaban J connectivity index is 0.00000243. The van der Waals surface area contributed by atoms with E-state index in [4.69, 9.17) is 14.8 Å². The number of anilines is 1. The minimum Gasteiger partial charge on any atom is -0.399 e. The van der Waals surface area contributed by atoms with Gasteiger partial charge in [-0.3, -0.25) is 4.57 Å². The van der Waals surface area contributed by atoms with E-state index in [-0.39, 0.29) is 18.6 Å². The molecule has 1 heterocycles. The predicted molar refractivity (Wildman–Crippen MR) is 111 cm³/mol. The first-order valence-corrected chi connectivity index (χ1v) is 10.7. The third kappa shape index (κ3) is 4.84. The molecule has 0 amide bonds. The summed E-state index contributed by atoms with van der Waals surface area (Å²) in [5.41, 5.74) is 9.44. The number of hydrogen-bond acceptors (Lipinski definition) is 6. The van der Waals surface area contributed by atoms with Crippen LogP contribution in [0.1, 0.15) is 19.4 Å². The Kier molecular flexibility index (Phi) is 7.21. The summed E-state index contributed by atoms with van der Waals surface area (Å²) in [6.07, 6.45) is 0.269. The molecular weight excluding hydrogens is 391 g/mol. The van der Waals surface area contributed by atoms with E-state index < -0.39 is 7.60 Å². The van der Waals surface area contributed by atoms with Crippen LogP contribution in [0.2, 0.25) is 0 Å². The lowest BCUT2D eigenvalue weighted by molar-refractivity contribution is 0.219. The van der Waals surface area contributed by atoms with Gasteiger partial charge in [-0.15, -0.1) is 23.7 Å².